The number of anilines is 1. The van der Waals surface area contributed by atoms with Crippen molar-refractivity contribution in [3.8, 4) is 0 Å². The van der Waals surface area contributed by atoms with Gasteiger partial charge in [0.15, 0.2) is 0 Å². The number of carbonyl (C=O) groups excluding carboxylic acids is 2. The number of rotatable bonds is 8. The van der Waals surface area contributed by atoms with Crippen molar-refractivity contribution in [2.24, 2.45) is 0 Å². The van der Waals surface area contributed by atoms with Crippen LogP contribution in [0.5, 0.6) is 0 Å². The molecule has 0 spiro atoms. The van der Waals surface area contributed by atoms with E-state index in [1.165, 1.54) is 36.4 Å². The number of non-ortho nitro benzene ring substituents is 1. The molecule has 31 heavy (non-hydrogen) atoms. The molecule has 11 heteroatoms. The summed E-state index contributed by atoms with van der Waals surface area (Å²) < 4.78 is 23.7. The molecule has 2 rings (SSSR count). The van der Waals surface area contributed by atoms with Gasteiger partial charge in [-0.25, -0.2) is 15.0 Å². The Bertz CT molecular complexity index is 964. The molecule has 2 aromatic carbocycles. The first kappa shape index (κ1) is 24.2. The lowest BCUT2D eigenvalue weighted by atomic mass is 10.2. The van der Waals surface area contributed by atoms with Crippen molar-refractivity contribution in [1.82, 2.24) is 5.43 Å². The van der Waals surface area contributed by atoms with Crippen LogP contribution in [0.4, 0.5) is 16.2 Å². The number of hydrogen-bond acceptors (Lipinski definition) is 7. The van der Waals surface area contributed by atoms with Crippen molar-refractivity contribution >= 4 is 30.5 Å². The number of benzene rings is 2. The van der Waals surface area contributed by atoms with E-state index in [1.54, 1.807) is 45.9 Å². The zero-order valence-corrected chi connectivity index (χ0v) is 18.4. The number of hydrogen-bond donors (Lipinski definition) is 1. The van der Waals surface area contributed by atoms with Crippen molar-refractivity contribution in [3.05, 3.63) is 70.3 Å². The highest BCUT2D eigenvalue weighted by Crippen LogP contribution is 2.51. The average Bonchev–Trinajstić information content (AvgIpc) is 2.70. The second kappa shape index (κ2) is 10.3. The van der Waals surface area contributed by atoms with E-state index in [9.17, 15) is 24.3 Å². The minimum absolute atomic E-state index is 0.119. The summed E-state index contributed by atoms with van der Waals surface area (Å²) in [6.07, 6.45) is -1.18. The van der Waals surface area contributed by atoms with Gasteiger partial charge in [-0.2, -0.15) is 0 Å². The number of nitrogens with one attached hydrogen (secondary N) is 1. The van der Waals surface area contributed by atoms with Gasteiger partial charge >= 0.3 is 13.2 Å². The highest BCUT2D eigenvalue weighted by atomic mass is 31.2. The molecule has 0 aliphatic carbocycles. The molecule has 0 aromatic heterocycles. The molecule has 0 saturated heterocycles. The lowest BCUT2D eigenvalue weighted by Crippen LogP contribution is -2.46. The zero-order valence-electron chi connectivity index (χ0n) is 17.6. The summed E-state index contributed by atoms with van der Waals surface area (Å²) >= 11 is 0. The predicted molar refractivity (Wildman–Crippen MR) is 115 cm³/mol. The van der Waals surface area contributed by atoms with Crippen LogP contribution in [-0.4, -0.2) is 28.7 Å². The van der Waals surface area contributed by atoms with Gasteiger partial charge in [0.2, 0.25) is 0 Å². The second-order valence-corrected chi connectivity index (χ2v) is 8.83. The third-order valence-corrected chi connectivity index (χ3v) is 5.69. The Morgan fingerprint density at radius 2 is 1.48 bits per heavy atom. The first-order chi connectivity index (χ1) is 14.5. The topological polar surface area (TPSA) is 128 Å². The van der Waals surface area contributed by atoms with Crippen molar-refractivity contribution in [2.45, 2.75) is 39.9 Å². The van der Waals surface area contributed by atoms with Gasteiger partial charge in [0, 0.05) is 17.7 Å². The number of hydrazine groups is 1. The van der Waals surface area contributed by atoms with Gasteiger partial charge in [-0.1, -0.05) is 18.2 Å². The molecule has 2 aromatic rings. The standard InChI is InChI=1S/C20H24N3O7P/c1-14(2)29-31(28,30-15(3)4)20(25)21-22(19(24)16-8-6-5-7-9-16)17-10-12-18(13-11-17)23(26)27/h5-15H,1-4H3,(H,21,25). The first-order valence-electron chi connectivity index (χ1n) is 9.45. The van der Waals surface area contributed by atoms with Crippen LogP contribution in [0.1, 0.15) is 38.1 Å². The van der Waals surface area contributed by atoms with E-state index < -0.39 is 36.3 Å². The van der Waals surface area contributed by atoms with E-state index in [0.29, 0.717) is 0 Å². The Labute approximate surface area is 179 Å². The summed E-state index contributed by atoms with van der Waals surface area (Å²) in [5.74, 6) is -0.650. The van der Waals surface area contributed by atoms with E-state index in [4.69, 9.17) is 9.05 Å². The normalized spacial score (nSPS) is 11.4. The quantitative estimate of drug-likeness (QED) is 0.344. The number of nitrogens with zero attached hydrogens (tertiary/aromatic N) is 2. The van der Waals surface area contributed by atoms with Gasteiger partial charge in [-0.15, -0.1) is 0 Å². The summed E-state index contributed by atoms with van der Waals surface area (Å²) in [6, 6.07) is 13.0. The smallest absolute Gasteiger partial charge is 0.299 e. The molecule has 2 amide bonds. The Morgan fingerprint density at radius 3 is 1.94 bits per heavy atom. The van der Waals surface area contributed by atoms with E-state index in [-0.39, 0.29) is 16.9 Å². The molecular formula is C20H24N3O7P. The molecule has 0 unspecified atom stereocenters. The Morgan fingerprint density at radius 1 is 0.968 bits per heavy atom. The molecule has 0 fully saturated rings. The predicted octanol–water partition coefficient (Wildman–Crippen LogP) is 4.91. The Kier molecular flexibility index (Phi) is 8.04. The summed E-state index contributed by atoms with van der Waals surface area (Å²) in [7, 11) is -4.31. The minimum Gasteiger partial charge on any atom is -0.299 e. The maximum atomic E-state index is 13.1. The monoisotopic (exact) mass is 449 g/mol. The lowest BCUT2D eigenvalue weighted by Gasteiger charge is -2.27. The van der Waals surface area contributed by atoms with Gasteiger partial charge in [0.1, 0.15) is 0 Å². The van der Waals surface area contributed by atoms with Crippen molar-refractivity contribution in [1.29, 1.82) is 0 Å². The van der Waals surface area contributed by atoms with Gasteiger partial charge in [0.25, 0.3) is 11.6 Å². The summed E-state index contributed by atoms with van der Waals surface area (Å²) in [6.45, 7) is 6.36. The van der Waals surface area contributed by atoms with Crippen molar-refractivity contribution in [3.63, 3.8) is 0 Å². The van der Waals surface area contributed by atoms with Crippen LogP contribution in [0, 0.1) is 10.1 Å². The number of amides is 2. The molecule has 1 N–H and O–H groups in total. The molecule has 0 aliphatic rings. The van der Waals surface area contributed by atoms with E-state index in [0.717, 1.165) is 5.01 Å². The lowest BCUT2D eigenvalue weighted by molar-refractivity contribution is -0.384. The fourth-order valence-corrected chi connectivity index (χ4v) is 4.07. The maximum Gasteiger partial charge on any atom is 0.420 e. The third kappa shape index (κ3) is 6.45. The van der Waals surface area contributed by atoms with E-state index in [1.807, 2.05) is 0 Å². The number of nitro groups is 1. The molecule has 0 bridgehead atoms. The van der Waals surface area contributed by atoms with E-state index >= 15 is 0 Å². The van der Waals surface area contributed by atoms with Crippen LogP contribution in [0.3, 0.4) is 0 Å². The highest BCUT2D eigenvalue weighted by Gasteiger charge is 2.39. The fraction of sp³-hybridized carbons (Fsp3) is 0.300. The van der Waals surface area contributed by atoms with E-state index in [2.05, 4.69) is 5.43 Å². The number of nitro benzene ring substituents is 1. The summed E-state index contributed by atoms with van der Waals surface area (Å²) in [5, 5.41) is 11.8. The minimum atomic E-state index is -4.31. The van der Waals surface area contributed by atoms with Crippen LogP contribution in [0.25, 0.3) is 0 Å². The van der Waals surface area contributed by atoms with Gasteiger partial charge in [-0.3, -0.25) is 28.8 Å². The van der Waals surface area contributed by atoms with Crippen LogP contribution in [0.2, 0.25) is 0 Å². The summed E-state index contributed by atoms with van der Waals surface area (Å²) in [5.41, 5.74) is 1.30. The Hall–Kier alpha value is -3.07. The molecule has 0 saturated carbocycles. The SMILES string of the molecule is CC(C)OP(=O)(OC(C)C)C(=O)NN(C(=O)c1ccccc1)c1ccc([N+](=O)[O-])cc1. The second-order valence-electron chi connectivity index (χ2n) is 7.00. The van der Waals surface area contributed by atoms with Crippen LogP contribution in [-0.2, 0) is 13.6 Å². The van der Waals surface area contributed by atoms with Gasteiger partial charge < -0.3 is 0 Å². The van der Waals surface area contributed by atoms with Gasteiger partial charge in [0.05, 0.1) is 22.8 Å². The van der Waals surface area contributed by atoms with Crippen LogP contribution >= 0.6 is 7.60 Å². The molecular weight excluding hydrogens is 425 g/mol. The third-order valence-electron chi connectivity index (χ3n) is 3.70. The molecule has 10 nitrogen and oxygen atoms in total. The molecule has 0 aliphatic heterocycles. The average molecular weight is 449 g/mol. The van der Waals surface area contributed by atoms with Crippen molar-refractivity contribution < 1.29 is 28.1 Å². The summed E-state index contributed by atoms with van der Waals surface area (Å²) in [4.78, 5) is 36.3. The highest BCUT2D eigenvalue weighted by molar-refractivity contribution is 7.71. The number of carbonyl (C=O) groups is 2. The zero-order chi connectivity index (χ0) is 23.2. The largest absolute Gasteiger partial charge is 0.420 e. The molecule has 166 valence electrons. The molecule has 0 radical (unpaired) electrons. The van der Waals surface area contributed by atoms with Crippen molar-refractivity contribution in [2.75, 3.05) is 5.01 Å². The van der Waals surface area contributed by atoms with Gasteiger partial charge in [-0.05, 0) is 52.0 Å². The Balaban J connectivity index is 2.44. The van der Waals surface area contributed by atoms with Crippen LogP contribution < -0.4 is 10.4 Å². The molecule has 0 atom stereocenters. The first-order valence-corrected chi connectivity index (χ1v) is 11.0. The molecule has 0 heterocycles. The van der Waals surface area contributed by atoms with Crippen LogP contribution in [0.15, 0.2) is 54.6 Å². The maximum absolute atomic E-state index is 13.1. The fourth-order valence-electron chi connectivity index (χ4n) is 2.50.